The van der Waals surface area contributed by atoms with E-state index in [4.69, 9.17) is 21.3 Å². The van der Waals surface area contributed by atoms with Crippen LogP contribution >= 0.6 is 11.6 Å². The van der Waals surface area contributed by atoms with Crippen molar-refractivity contribution in [2.45, 2.75) is 64.0 Å². The molecule has 0 amide bonds. The summed E-state index contributed by atoms with van der Waals surface area (Å²) in [7, 11) is 0. The van der Waals surface area contributed by atoms with Crippen LogP contribution in [0.1, 0.15) is 52.3 Å². The van der Waals surface area contributed by atoms with Crippen LogP contribution in [0.4, 0.5) is 5.82 Å². The molecule has 21 heavy (non-hydrogen) atoms. The van der Waals surface area contributed by atoms with Gasteiger partial charge in [0.15, 0.2) is 0 Å². The highest BCUT2D eigenvalue weighted by Gasteiger charge is 2.35. The summed E-state index contributed by atoms with van der Waals surface area (Å²) in [6.45, 7) is 8.01. The first kappa shape index (κ1) is 15.0. The Balaban J connectivity index is 1.93. The minimum Gasteiger partial charge on any atom is -0.374 e. The number of rotatable bonds is 1. The predicted octanol–water partition coefficient (Wildman–Crippen LogP) is 3.58. The number of ether oxygens (including phenoxy) is 1. The molecule has 116 valence electrons. The maximum Gasteiger partial charge on any atom is 0.137 e. The maximum atomic E-state index is 6.24. The summed E-state index contributed by atoms with van der Waals surface area (Å²) in [4.78, 5) is 11.6. The zero-order chi connectivity index (χ0) is 15.0. The molecule has 1 aliphatic carbocycles. The number of aromatic nitrogens is 2. The molecule has 1 aromatic heterocycles. The van der Waals surface area contributed by atoms with E-state index in [0.29, 0.717) is 17.3 Å². The molecule has 5 heteroatoms. The first-order chi connectivity index (χ1) is 9.95. The third-order valence-electron chi connectivity index (χ3n) is 4.38. The van der Waals surface area contributed by atoms with Crippen LogP contribution in [0.3, 0.4) is 0 Å². The Bertz CT molecular complexity index is 513. The molecule has 0 N–H and O–H groups in total. The van der Waals surface area contributed by atoms with Crippen molar-refractivity contribution in [3.05, 3.63) is 17.0 Å². The van der Waals surface area contributed by atoms with Gasteiger partial charge >= 0.3 is 0 Å². The summed E-state index contributed by atoms with van der Waals surface area (Å²) in [5.41, 5.74) is -0.0993. The maximum absolute atomic E-state index is 6.24. The molecule has 2 atom stereocenters. The van der Waals surface area contributed by atoms with E-state index in [1.165, 1.54) is 19.3 Å². The van der Waals surface area contributed by atoms with Crippen LogP contribution in [0.15, 0.2) is 6.07 Å². The van der Waals surface area contributed by atoms with Gasteiger partial charge < -0.3 is 9.64 Å². The topological polar surface area (TPSA) is 38.2 Å². The fourth-order valence-corrected chi connectivity index (χ4v) is 3.45. The average Bonchev–Trinajstić information content (AvgIpc) is 2.45. The van der Waals surface area contributed by atoms with Crippen molar-refractivity contribution < 1.29 is 4.74 Å². The molecule has 0 aromatic carbocycles. The van der Waals surface area contributed by atoms with Gasteiger partial charge in [-0.2, -0.15) is 0 Å². The zero-order valence-electron chi connectivity index (χ0n) is 13.1. The van der Waals surface area contributed by atoms with Crippen molar-refractivity contribution in [3.8, 4) is 0 Å². The number of morpholine rings is 1. The number of hydrogen-bond donors (Lipinski definition) is 0. The Morgan fingerprint density at radius 1 is 1.24 bits per heavy atom. The van der Waals surface area contributed by atoms with Gasteiger partial charge in [0.25, 0.3) is 0 Å². The number of hydrogen-bond acceptors (Lipinski definition) is 4. The molecule has 4 nitrogen and oxygen atoms in total. The van der Waals surface area contributed by atoms with Crippen LogP contribution in [0.25, 0.3) is 0 Å². The van der Waals surface area contributed by atoms with Crippen molar-refractivity contribution in [2.75, 3.05) is 18.1 Å². The third-order valence-corrected chi connectivity index (χ3v) is 4.57. The minimum atomic E-state index is -0.0993. The first-order valence-electron chi connectivity index (χ1n) is 7.88. The Morgan fingerprint density at radius 3 is 2.76 bits per heavy atom. The van der Waals surface area contributed by atoms with Crippen LogP contribution in [-0.2, 0) is 10.2 Å². The van der Waals surface area contributed by atoms with Gasteiger partial charge in [0.05, 0.1) is 18.8 Å². The second-order valence-electron chi connectivity index (χ2n) is 7.08. The molecule has 0 radical (unpaired) electrons. The van der Waals surface area contributed by atoms with Crippen LogP contribution in [0.2, 0.25) is 5.15 Å². The molecule has 3 rings (SSSR count). The van der Waals surface area contributed by atoms with E-state index in [-0.39, 0.29) is 5.41 Å². The fourth-order valence-electron chi connectivity index (χ4n) is 3.27. The van der Waals surface area contributed by atoms with Crippen molar-refractivity contribution in [1.29, 1.82) is 0 Å². The van der Waals surface area contributed by atoms with E-state index in [2.05, 4.69) is 30.7 Å². The van der Waals surface area contributed by atoms with Crippen molar-refractivity contribution in [2.24, 2.45) is 0 Å². The molecular formula is C16H24ClN3O. The second kappa shape index (κ2) is 5.73. The van der Waals surface area contributed by atoms with Gasteiger partial charge in [-0.3, -0.25) is 0 Å². The van der Waals surface area contributed by atoms with Crippen molar-refractivity contribution in [3.63, 3.8) is 0 Å². The van der Waals surface area contributed by atoms with Gasteiger partial charge in [0.2, 0.25) is 0 Å². The summed E-state index contributed by atoms with van der Waals surface area (Å²) >= 11 is 6.24. The summed E-state index contributed by atoms with van der Waals surface area (Å²) < 4.78 is 5.94. The van der Waals surface area contributed by atoms with Gasteiger partial charge in [0, 0.05) is 18.0 Å². The minimum absolute atomic E-state index is 0.0993. The Hall–Kier alpha value is -0.870. The highest BCUT2D eigenvalue weighted by Crippen LogP contribution is 2.32. The molecule has 0 bridgehead atoms. The normalized spacial score (nSPS) is 26.6. The number of nitrogens with zero attached hydrogens (tertiary/aromatic N) is 3. The largest absolute Gasteiger partial charge is 0.374 e. The highest BCUT2D eigenvalue weighted by molar-refractivity contribution is 6.29. The smallest absolute Gasteiger partial charge is 0.137 e. The molecule has 1 aromatic rings. The first-order valence-corrected chi connectivity index (χ1v) is 8.26. The zero-order valence-corrected chi connectivity index (χ0v) is 13.9. The quantitative estimate of drug-likeness (QED) is 0.743. The molecule has 2 fully saturated rings. The molecule has 0 spiro atoms. The van der Waals surface area contributed by atoms with E-state index >= 15 is 0 Å². The lowest BCUT2D eigenvalue weighted by Gasteiger charge is -2.44. The monoisotopic (exact) mass is 309 g/mol. The Labute approximate surface area is 131 Å². The second-order valence-corrected chi connectivity index (χ2v) is 7.46. The lowest BCUT2D eigenvalue weighted by molar-refractivity contribution is -0.00902. The number of halogens is 1. The Morgan fingerprint density at radius 2 is 2.00 bits per heavy atom. The highest BCUT2D eigenvalue weighted by atomic mass is 35.5. The van der Waals surface area contributed by atoms with Crippen LogP contribution in [-0.4, -0.2) is 35.3 Å². The van der Waals surface area contributed by atoms with Crippen LogP contribution in [0.5, 0.6) is 0 Å². The van der Waals surface area contributed by atoms with Gasteiger partial charge in [-0.05, 0) is 12.8 Å². The van der Waals surface area contributed by atoms with Gasteiger partial charge in [0.1, 0.15) is 16.8 Å². The SMILES string of the molecule is CC(C)(C)c1nc(Cl)cc(N2CCOC3CCCCC32)n1. The van der Waals surface area contributed by atoms with Crippen LogP contribution in [0, 0.1) is 0 Å². The third kappa shape index (κ3) is 3.16. The van der Waals surface area contributed by atoms with Gasteiger partial charge in [-0.25, -0.2) is 9.97 Å². The van der Waals surface area contributed by atoms with Crippen LogP contribution < -0.4 is 4.90 Å². The summed E-state index contributed by atoms with van der Waals surface area (Å²) in [6.07, 6.45) is 5.22. The van der Waals surface area contributed by atoms with E-state index in [0.717, 1.165) is 31.2 Å². The standard InChI is InChI=1S/C16H24ClN3O/c1-16(2,3)15-18-13(17)10-14(19-15)20-8-9-21-12-7-5-4-6-11(12)20/h10-12H,4-9H2,1-3H3. The van der Waals surface area contributed by atoms with E-state index in [1.807, 2.05) is 6.07 Å². The van der Waals surface area contributed by atoms with Gasteiger partial charge in [-0.15, -0.1) is 0 Å². The van der Waals surface area contributed by atoms with E-state index in [9.17, 15) is 0 Å². The lowest BCUT2D eigenvalue weighted by Crippen LogP contribution is -2.53. The molecule has 2 unspecified atom stereocenters. The molecule has 2 heterocycles. The van der Waals surface area contributed by atoms with Crippen molar-refractivity contribution in [1.82, 2.24) is 9.97 Å². The summed E-state index contributed by atoms with van der Waals surface area (Å²) in [6, 6.07) is 2.33. The molecular weight excluding hydrogens is 286 g/mol. The van der Waals surface area contributed by atoms with Gasteiger partial charge in [-0.1, -0.05) is 45.2 Å². The number of anilines is 1. The molecule has 2 aliphatic rings. The lowest BCUT2D eigenvalue weighted by atomic mass is 9.90. The Kier molecular flexibility index (Phi) is 4.10. The average molecular weight is 310 g/mol. The summed E-state index contributed by atoms with van der Waals surface area (Å²) in [5.74, 6) is 1.77. The molecule has 1 aliphatic heterocycles. The van der Waals surface area contributed by atoms with E-state index in [1.54, 1.807) is 0 Å². The predicted molar refractivity (Wildman–Crippen MR) is 85.1 cm³/mol. The molecule has 1 saturated carbocycles. The van der Waals surface area contributed by atoms with E-state index < -0.39 is 0 Å². The van der Waals surface area contributed by atoms with Crippen molar-refractivity contribution >= 4 is 17.4 Å². The molecule has 1 saturated heterocycles. The number of fused-ring (bicyclic) bond motifs is 1. The summed E-state index contributed by atoms with van der Waals surface area (Å²) in [5, 5.41) is 0.531. The fraction of sp³-hybridized carbons (Fsp3) is 0.750.